The lowest BCUT2D eigenvalue weighted by atomic mass is 10.1. The molecule has 0 bridgehead atoms. The lowest BCUT2D eigenvalue weighted by molar-refractivity contribution is 1.13. The zero-order valence-corrected chi connectivity index (χ0v) is 8.64. The van der Waals surface area contributed by atoms with E-state index in [-0.39, 0.29) is 0 Å². The Morgan fingerprint density at radius 2 is 2.08 bits per heavy atom. The van der Waals surface area contributed by atoms with E-state index in [1.807, 2.05) is 25.2 Å². The van der Waals surface area contributed by atoms with Crippen LogP contribution in [-0.2, 0) is 0 Å². The van der Waals surface area contributed by atoms with Crippen LogP contribution in [0.15, 0.2) is 48.2 Å². The molecular formula is C12H19N. The highest BCUT2D eigenvalue weighted by molar-refractivity contribution is 5.27. The van der Waals surface area contributed by atoms with Gasteiger partial charge in [-0.2, -0.15) is 0 Å². The molecule has 2 N–H and O–H groups in total. The van der Waals surface area contributed by atoms with Gasteiger partial charge in [0.25, 0.3) is 0 Å². The maximum Gasteiger partial charge on any atom is 0.0279 e. The molecule has 0 saturated carbocycles. The Hall–Kier alpha value is -1.24. The summed E-state index contributed by atoms with van der Waals surface area (Å²) in [6.07, 6.45) is 7.57. The lowest BCUT2D eigenvalue weighted by Crippen LogP contribution is -1.94. The average Bonchev–Trinajstić information content (AvgIpc) is 2.10. The molecule has 0 amide bonds. The molecule has 0 unspecified atom stereocenters. The van der Waals surface area contributed by atoms with Crippen molar-refractivity contribution in [3.05, 3.63) is 48.2 Å². The van der Waals surface area contributed by atoms with Gasteiger partial charge in [0.1, 0.15) is 0 Å². The third kappa shape index (κ3) is 5.97. The summed E-state index contributed by atoms with van der Waals surface area (Å²) in [7, 11) is 0. The Bertz CT molecular complexity index is 244. The fraction of sp³-hybridized carbons (Fsp3) is 0.333. The van der Waals surface area contributed by atoms with Crippen LogP contribution in [-0.4, -0.2) is 0 Å². The van der Waals surface area contributed by atoms with Gasteiger partial charge in [0.15, 0.2) is 0 Å². The van der Waals surface area contributed by atoms with Crippen molar-refractivity contribution in [1.29, 1.82) is 0 Å². The van der Waals surface area contributed by atoms with Crippen molar-refractivity contribution in [1.82, 2.24) is 0 Å². The second-order valence-corrected chi connectivity index (χ2v) is 3.14. The summed E-state index contributed by atoms with van der Waals surface area (Å²) in [4.78, 5) is 0. The van der Waals surface area contributed by atoms with Gasteiger partial charge in [0.05, 0.1) is 0 Å². The van der Waals surface area contributed by atoms with E-state index in [1.165, 1.54) is 0 Å². The third-order valence-electron chi connectivity index (χ3n) is 1.71. The van der Waals surface area contributed by atoms with Gasteiger partial charge in [-0.15, -0.1) is 0 Å². The molecule has 0 spiro atoms. The first-order valence-electron chi connectivity index (χ1n) is 4.53. The summed E-state index contributed by atoms with van der Waals surface area (Å²) in [5.74, 6) is 0. The van der Waals surface area contributed by atoms with E-state index in [0.29, 0.717) is 0 Å². The molecule has 0 fully saturated rings. The summed E-state index contributed by atoms with van der Waals surface area (Å²) >= 11 is 0. The molecule has 72 valence electrons. The molecule has 0 atom stereocenters. The number of allylic oxidation sites excluding steroid dienone is 5. The van der Waals surface area contributed by atoms with Crippen molar-refractivity contribution < 1.29 is 0 Å². The van der Waals surface area contributed by atoms with Gasteiger partial charge in [-0.1, -0.05) is 37.8 Å². The molecule has 1 nitrogen and oxygen atoms in total. The summed E-state index contributed by atoms with van der Waals surface area (Å²) in [6.45, 7) is 11.6. The summed E-state index contributed by atoms with van der Waals surface area (Å²) in [5.41, 5.74) is 8.84. The SMILES string of the molecule is C=C/C(=C\C(N)=C/CC(=C)C)CC. The quantitative estimate of drug-likeness (QED) is 0.506. The minimum Gasteiger partial charge on any atom is -0.399 e. The number of nitrogens with two attached hydrogens (primary N) is 1. The van der Waals surface area contributed by atoms with Crippen LogP contribution in [0.2, 0.25) is 0 Å². The molecule has 0 rings (SSSR count). The van der Waals surface area contributed by atoms with Crippen molar-refractivity contribution in [2.75, 3.05) is 0 Å². The van der Waals surface area contributed by atoms with Crippen LogP contribution in [0.4, 0.5) is 0 Å². The van der Waals surface area contributed by atoms with Crippen molar-refractivity contribution in [2.45, 2.75) is 26.7 Å². The maximum atomic E-state index is 5.77. The first-order valence-corrected chi connectivity index (χ1v) is 4.53. The van der Waals surface area contributed by atoms with Crippen molar-refractivity contribution in [3.63, 3.8) is 0 Å². The molecule has 13 heavy (non-hydrogen) atoms. The predicted octanol–water partition coefficient (Wildman–Crippen LogP) is 3.32. The first kappa shape index (κ1) is 11.8. The van der Waals surface area contributed by atoms with Gasteiger partial charge in [-0.25, -0.2) is 0 Å². The average molecular weight is 177 g/mol. The summed E-state index contributed by atoms with van der Waals surface area (Å²) in [6, 6.07) is 0. The second-order valence-electron chi connectivity index (χ2n) is 3.14. The molecule has 0 aromatic rings. The number of hydrogen-bond acceptors (Lipinski definition) is 1. The number of rotatable bonds is 5. The molecule has 0 radical (unpaired) electrons. The van der Waals surface area contributed by atoms with E-state index in [0.717, 1.165) is 29.7 Å². The molecule has 0 aromatic carbocycles. The fourth-order valence-corrected chi connectivity index (χ4v) is 0.870. The maximum absolute atomic E-state index is 5.77. The van der Waals surface area contributed by atoms with Crippen LogP contribution >= 0.6 is 0 Å². The van der Waals surface area contributed by atoms with Gasteiger partial charge < -0.3 is 5.73 Å². The van der Waals surface area contributed by atoms with E-state index in [1.54, 1.807) is 0 Å². The van der Waals surface area contributed by atoms with Crippen LogP contribution in [0.3, 0.4) is 0 Å². The van der Waals surface area contributed by atoms with Gasteiger partial charge in [-0.3, -0.25) is 0 Å². The third-order valence-corrected chi connectivity index (χ3v) is 1.71. The van der Waals surface area contributed by atoms with Crippen molar-refractivity contribution in [2.24, 2.45) is 5.73 Å². The second kappa shape index (κ2) is 6.30. The predicted molar refractivity (Wildman–Crippen MR) is 60.3 cm³/mol. The van der Waals surface area contributed by atoms with Crippen LogP contribution in [0, 0.1) is 0 Å². The molecule has 0 aliphatic rings. The Morgan fingerprint density at radius 3 is 2.46 bits per heavy atom. The molecule has 0 heterocycles. The smallest absolute Gasteiger partial charge is 0.0279 e. The molecule has 1 heteroatoms. The van der Waals surface area contributed by atoms with Crippen LogP contribution in [0.5, 0.6) is 0 Å². The minimum atomic E-state index is 0.791. The van der Waals surface area contributed by atoms with E-state index in [4.69, 9.17) is 5.73 Å². The normalized spacial score (nSPS) is 12.8. The topological polar surface area (TPSA) is 26.0 Å². The summed E-state index contributed by atoms with van der Waals surface area (Å²) in [5, 5.41) is 0. The molecule has 0 saturated heterocycles. The highest BCUT2D eigenvalue weighted by atomic mass is 14.6. The van der Waals surface area contributed by atoms with Gasteiger partial charge in [0, 0.05) is 5.70 Å². The Labute approximate surface area is 81.3 Å². The highest BCUT2D eigenvalue weighted by Crippen LogP contribution is 2.06. The zero-order valence-electron chi connectivity index (χ0n) is 8.64. The van der Waals surface area contributed by atoms with Crippen LogP contribution in [0.1, 0.15) is 26.7 Å². The number of hydrogen-bond donors (Lipinski definition) is 1. The molecule has 0 aromatic heterocycles. The summed E-state index contributed by atoms with van der Waals surface area (Å²) < 4.78 is 0. The van der Waals surface area contributed by atoms with Crippen molar-refractivity contribution >= 4 is 0 Å². The van der Waals surface area contributed by atoms with E-state index in [9.17, 15) is 0 Å². The zero-order chi connectivity index (χ0) is 10.3. The fourth-order valence-electron chi connectivity index (χ4n) is 0.870. The Balaban J connectivity index is 4.33. The van der Waals surface area contributed by atoms with E-state index >= 15 is 0 Å². The monoisotopic (exact) mass is 177 g/mol. The highest BCUT2D eigenvalue weighted by Gasteiger charge is 1.89. The Morgan fingerprint density at radius 1 is 1.46 bits per heavy atom. The van der Waals surface area contributed by atoms with Crippen LogP contribution < -0.4 is 5.73 Å². The minimum absolute atomic E-state index is 0.791. The molecular weight excluding hydrogens is 158 g/mol. The molecule has 0 aliphatic heterocycles. The lowest BCUT2D eigenvalue weighted by Gasteiger charge is -1.98. The first-order chi connectivity index (χ1) is 6.10. The van der Waals surface area contributed by atoms with Gasteiger partial charge in [-0.05, 0) is 31.4 Å². The van der Waals surface area contributed by atoms with E-state index in [2.05, 4.69) is 20.1 Å². The largest absolute Gasteiger partial charge is 0.399 e. The van der Waals surface area contributed by atoms with Crippen LogP contribution in [0.25, 0.3) is 0 Å². The Kier molecular flexibility index (Phi) is 5.69. The standard InChI is InChI=1S/C12H19N/c1-5-11(6-2)9-12(13)8-7-10(3)4/h5,8-9H,1,3,6-7,13H2,2,4H3/b11-9+,12-8+. The van der Waals surface area contributed by atoms with Gasteiger partial charge in [0.2, 0.25) is 0 Å². The molecule has 0 aliphatic carbocycles. The van der Waals surface area contributed by atoms with Gasteiger partial charge >= 0.3 is 0 Å². The van der Waals surface area contributed by atoms with E-state index < -0.39 is 0 Å². The van der Waals surface area contributed by atoms with Crippen molar-refractivity contribution in [3.8, 4) is 0 Å².